The monoisotopic (exact) mass is 223 g/mol. The van der Waals surface area contributed by atoms with E-state index in [0.717, 1.165) is 6.42 Å². The van der Waals surface area contributed by atoms with E-state index in [1.807, 2.05) is 33.9 Å². The number of rotatable bonds is 1. The van der Waals surface area contributed by atoms with E-state index in [0.29, 0.717) is 0 Å². The summed E-state index contributed by atoms with van der Waals surface area (Å²) in [6.45, 7) is 16.7. The maximum Gasteiger partial charge on any atom is 0.0401 e. The van der Waals surface area contributed by atoms with Crippen LogP contribution in [0.2, 0.25) is 0 Å². The molecule has 0 aliphatic rings. The summed E-state index contributed by atoms with van der Waals surface area (Å²) in [5.74, 6) is 0. The minimum absolute atomic E-state index is 0.221. The molecule has 1 heterocycles. The molecule has 0 aromatic carbocycles. The zero-order chi connectivity index (χ0) is 13.2. The number of hydrogen-bond acceptors (Lipinski definition) is 1. The minimum Gasteiger partial charge on any atom is -0.261 e. The molecule has 1 aromatic heterocycles. The Morgan fingerprint density at radius 2 is 1.50 bits per heavy atom. The summed E-state index contributed by atoms with van der Waals surface area (Å²) in [7, 11) is 0. The molecule has 0 N–H and O–H groups in total. The van der Waals surface area contributed by atoms with Gasteiger partial charge in [-0.1, -0.05) is 61.5 Å². The van der Waals surface area contributed by atoms with Crippen molar-refractivity contribution in [2.24, 2.45) is 0 Å². The molecule has 0 fully saturated rings. The fourth-order valence-electron chi connectivity index (χ4n) is 1.08. The van der Waals surface area contributed by atoms with Crippen molar-refractivity contribution >= 4 is 0 Å². The third kappa shape index (κ3) is 6.60. The van der Waals surface area contributed by atoms with Crippen LogP contribution < -0.4 is 0 Å². The van der Waals surface area contributed by atoms with E-state index in [2.05, 4.69) is 44.8 Å². The van der Waals surface area contributed by atoms with Crippen LogP contribution in [0.4, 0.5) is 0 Å². The van der Waals surface area contributed by atoms with Crippen LogP contribution in [0.25, 0.3) is 0 Å². The molecule has 1 nitrogen and oxygen atoms in total. The van der Waals surface area contributed by atoms with Gasteiger partial charge >= 0.3 is 0 Å². The van der Waals surface area contributed by atoms with E-state index in [4.69, 9.17) is 0 Å². The summed E-state index contributed by atoms with van der Waals surface area (Å²) in [4.78, 5) is 4.36. The van der Waals surface area contributed by atoms with Crippen molar-refractivity contribution in [3.05, 3.63) is 29.6 Å². The van der Waals surface area contributed by atoms with Gasteiger partial charge in [-0.3, -0.25) is 4.98 Å². The van der Waals surface area contributed by atoms with Gasteiger partial charge in [-0.05, 0) is 23.5 Å². The highest BCUT2D eigenvalue weighted by Gasteiger charge is 2.12. The molecule has 0 bridgehead atoms. The molecule has 0 spiro atoms. The standard InChI is InChI=1S/C11H17N.2C2H6/c1-5-10-7-6-9(8-12-10)11(2,3)4;2*1-2/h6-8H,5H2,1-4H3;2*1-2H3. The van der Waals surface area contributed by atoms with Crippen molar-refractivity contribution in [1.29, 1.82) is 0 Å². The van der Waals surface area contributed by atoms with Crippen LogP contribution in [-0.2, 0) is 11.8 Å². The van der Waals surface area contributed by atoms with Crippen molar-refractivity contribution in [2.45, 2.75) is 67.2 Å². The molecule has 1 aromatic rings. The van der Waals surface area contributed by atoms with Crippen molar-refractivity contribution in [2.75, 3.05) is 0 Å². The highest BCUT2D eigenvalue weighted by atomic mass is 14.7. The zero-order valence-corrected chi connectivity index (χ0v) is 12.4. The van der Waals surface area contributed by atoms with E-state index in [1.54, 1.807) is 0 Å². The largest absolute Gasteiger partial charge is 0.261 e. The quantitative estimate of drug-likeness (QED) is 0.653. The Morgan fingerprint density at radius 1 is 1.00 bits per heavy atom. The molecule has 1 rings (SSSR count). The predicted octanol–water partition coefficient (Wildman–Crippen LogP) is 4.99. The molecule has 0 radical (unpaired) electrons. The molecule has 0 unspecified atom stereocenters. The smallest absolute Gasteiger partial charge is 0.0401 e. The Kier molecular flexibility index (Phi) is 10.3. The molecule has 0 aliphatic carbocycles. The molecule has 0 atom stereocenters. The van der Waals surface area contributed by atoms with Crippen LogP contribution in [0.3, 0.4) is 0 Å². The van der Waals surface area contributed by atoms with Crippen LogP contribution in [0.15, 0.2) is 18.3 Å². The first-order chi connectivity index (χ1) is 7.54. The number of aromatic nitrogens is 1. The molecule has 1 heteroatoms. The van der Waals surface area contributed by atoms with Gasteiger partial charge in [-0.25, -0.2) is 0 Å². The van der Waals surface area contributed by atoms with Crippen LogP contribution in [0.1, 0.15) is 66.6 Å². The first-order valence-corrected chi connectivity index (χ1v) is 6.49. The Balaban J connectivity index is 0. The Morgan fingerprint density at radius 3 is 1.75 bits per heavy atom. The van der Waals surface area contributed by atoms with Gasteiger partial charge in [0.2, 0.25) is 0 Å². The third-order valence-corrected chi connectivity index (χ3v) is 2.05. The molecular formula is C15H29N. The molecule has 0 saturated heterocycles. The summed E-state index contributed by atoms with van der Waals surface area (Å²) in [6, 6.07) is 4.28. The molecule has 0 saturated carbocycles. The predicted molar refractivity (Wildman–Crippen MR) is 75.0 cm³/mol. The second-order valence-electron chi connectivity index (χ2n) is 4.14. The fourth-order valence-corrected chi connectivity index (χ4v) is 1.08. The van der Waals surface area contributed by atoms with Crippen molar-refractivity contribution < 1.29 is 0 Å². The van der Waals surface area contributed by atoms with Crippen molar-refractivity contribution in [3.63, 3.8) is 0 Å². The number of aryl methyl sites for hydroxylation is 1. The number of hydrogen-bond donors (Lipinski definition) is 0. The summed E-state index contributed by atoms with van der Waals surface area (Å²) >= 11 is 0. The number of pyridine rings is 1. The van der Waals surface area contributed by atoms with Gasteiger partial charge in [0.25, 0.3) is 0 Å². The average molecular weight is 223 g/mol. The van der Waals surface area contributed by atoms with Gasteiger partial charge in [0.1, 0.15) is 0 Å². The first kappa shape index (κ1) is 17.5. The Hall–Kier alpha value is -0.850. The van der Waals surface area contributed by atoms with Gasteiger partial charge in [0, 0.05) is 11.9 Å². The Bertz CT molecular complexity index is 241. The second kappa shape index (κ2) is 9.38. The fraction of sp³-hybridized carbons (Fsp3) is 0.667. The minimum atomic E-state index is 0.221. The lowest BCUT2D eigenvalue weighted by Gasteiger charge is -2.18. The maximum atomic E-state index is 4.36. The lowest BCUT2D eigenvalue weighted by atomic mass is 9.88. The topological polar surface area (TPSA) is 12.9 Å². The van der Waals surface area contributed by atoms with Crippen LogP contribution >= 0.6 is 0 Å². The molecule has 94 valence electrons. The van der Waals surface area contributed by atoms with Gasteiger partial charge < -0.3 is 0 Å². The van der Waals surface area contributed by atoms with E-state index < -0.39 is 0 Å². The Labute approximate surface area is 102 Å². The second-order valence-corrected chi connectivity index (χ2v) is 4.14. The normalized spacial score (nSPS) is 9.50. The van der Waals surface area contributed by atoms with E-state index >= 15 is 0 Å². The first-order valence-electron chi connectivity index (χ1n) is 6.49. The maximum absolute atomic E-state index is 4.36. The van der Waals surface area contributed by atoms with Crippen molar-refractivity contribution in [1.82, 2.24) is 4.98 Å². The van der Waals surface area contributed by atoms with E-state index in [1.165, 1.54) is 11.3 Å². The summed E-state index contributed by atoms with van der Waals surface area (Å²) in [5.41, 5.74) is 2.70. The van der Waals surface area contributed by atoms with Crippen LogP contribution in [0.5, 0.6) is 0 Å². The lowest BCUT2D eigenvalue weighted by Crippen LogP contribution is -2.11. The summed E-state index contributed by atoms with van der Waals surface area (Å²) in [6.07, 6.45) is 3.00. The highest BCUT2D eigenvalue weighted by Crippen LogP contribution is 2.20. The summed E-state index contributed by atoms with van der Waals surface area (Å²) in [5, 5.41) is 0. The third-order valence-electron chi connectivity index (χ3n) is 2.05. The summed E-state index contributed by atoms with van der Waals surface area (Å²) < 4.78 is 0. The zero-order valence-electron chi connectivity index (χ0n) is 12.4. The molecule has 16 heavy (non-hydrogen) atoms. The highest BCUT2D eigenvalue weighted by molar-refractivity contribution is 5.21. The van der Waals surface area contributed by atoms with Gasteiger partial charge in [0.15, 0.2) is 0 Å². The molecular weight excluding hydrogens is 194 g/mol. The number of nitrogens with zero attached hydrogens (tertiary/aromatic N) is 1. The van der Waals surface area contributed by atoms with Crippen LogP contribution in [-0.4, -0.2) is 4.98 Å². The average Bonchev–Trinajstić information content (AvgIpc) is 2.33. The van der Waals surface area contributed by atoms with E-state index in [-0.39, 0.29) is 5.41 Å². The molecule has 0 aliphatic heterocycles. The van der Waals surface area contributed by atoms with Crippen LogP contribution in [0, 0.1) is 0 Å². The van der Waals surface area contributed by atoms with Gasteiger partial charge in [-0.2, -0.15) is 0 Å². The van der Waals surface area contributed by atoms with Gasteiger partial charge in [-0.15, -0.1) is 0 Å². The lowest BCUT2D eigenvalue weighted by molar-refractivity contribution is 0.586. The van der Waals surface area contributed by atoms with E-state index in [9.17, 15) is 0 Å². The SMILES string of the molecule is CC.CC.CCc1ccc(C(C)(C)C)cn1. The van der Waals surface area contributed by atoms with Gasteiger partial charge in [0.05, 0.1) is 0 Å². The van der Waals surface area contributed by atoms with Crippen molar-refractivity contribution in [3.8, 4) is 0 Å². The molecule has 0 amide bonds.